The number of anilines is 1. The van der Waals surface area contributed by atoms with Gasteiger partial charge in [-0.15, -0.1) is 0 Å². The Morgan fingerprint density at radius 1 is 1.17 bits per heavy atom. The molecule has 1 amide bonds. The van der Waals surface area contributed by atoms with E-state index in [4.69, 9.17) is 16.3 Å². The van der Waals surface area contributed by atoms with Gasteiger partial charge in [-0.3, -0.25) is 9.59 Å². The predicted molar refractivity (Wildman–Crippen MR) is 118 cm³/mol. The maximum absolute atomic E-state index is 12.9. The number of ketones is 1. The highest BCUT2D eigenvalue weighted by atomic mass is 35.5. The van der Waals surface area contributed by atoms with Crippen molar-refractivity contribution in [3.05, 3.63) is 64.2 Å². The third-order valence-electron chi connectivity index (χ3n) is 5.15. The Hall–Kier alpha value is -2.99. The molecule has 3 rings (SSSR count). The van der Waals surface area contributed by atoms with Crippen LogP contribution in [0.1, 0.15) is 30.5 Å². The van der Waals surface area contributed by atoms with Crippen LogP contribution in [0, 0.1) is 0 Å². The summed E-state index contributed by atoms with van der Waals surface area (Å²) in [7, 11) is 5.34. The minimum atomic E-state index is -0.698. The van der Waals surface area contributed by atoms with Crippen LogP contribution in [0.25, 0.3) is 5.76 Å². The third kappa shape index (κ3) is 3.87. The number of likely N-dealkylation sites (tertiary alicyclic amines) is 1. The topological polar surface area (TPSA) is 70.1 Å². The van der Waals surface area contributed by atoms with Crippen molar-refractivity contribution in [2.45, 2.75) is 19.4 Å². The summed E-state index contributed by atoms with van der Waals surface area (Å²) in [4.78, 5) is 29.2. The number of benzene rings is 2. The lowest BCUT2D eigenvalue weighted by atomic mass is 9.95. The first kappa shape index (κ1) is 21.7. The summed E-state index contributed by atoms with van der Waals surface area (Å²) < 4.78 is 5.22. The number of hydrogen-bond acceptors (Lipinski definition) is 5. The fourth-order valence-electron chi connectivity index (χ4n) is 3.62. The molecule has 0 radical (unpaired) electrons. The van der Waals surface area contributed by atoms with Crippen molar-refractivity contribution in [3.8, 4) is 5.75 Å². The first-order valence-corrected chi connectivity index (χ1v) is 10.1. The molecule has 2 aromatic rings. The van der Waals surface area contributed by atoms with Gasteiger partial charge in [0.05, 0.1) is 23.7 Å². The average Bonchev–Trinajstić information content (AvgIpc) is 2.99. The number of carbonyl (C=O) groups excluding carboxylic acids is 2. The molecule has 158 valence electrons. The third-order valence-corrected chi connectivity index (χ3v) is 5.47. The fraction of sp³-hybridized carbons (Fsp3) is 0.304. The minimum Gasteiger partial charge on any atom is -0.507 e. The molecule has 0 saturated carbocycles. The molecule has 1 saturated heterocycles. The molecule has 1 atom stereocenters. The monoisotopic (exact) mass is 428 g/mol. The van der Waals surface area contributed by atoms with Crippen molar-refractivity contribution in [1.82, 2.24) is 4.90 Å². The number of carbonyl (C=O) groups is 2. The summed E-state index contributed by atoms with van der Waals surface area (Å²) in [5, 5.41) is 11.4. The zero-order chi connectivity index (χ0) is 22.0. The lowest BCUT2D eigenvalue weighted by Crippen LogP contribution is -2.30. The van der Waals surface area contributed by atoms with E-state index < -0.39 is 17.7 Å². The summed E-state index contributed by atoms with van der Waals surface area (Å²) in [6.07, 6.45) is 0.689. The molecule has 1 fully saturated rings. The molecule has 30 heavy (non-hydrogen) atoms. The average molecular weight is 429 g/mol. The molecule has 6 nitrogen and oxygen atoms in total. The van der Waals surface area contributed by atoms with Crippen molar-refractivity contribution in [3.63, 3.8) is 0 Å². The Morgan fingerprint density at radius 2 is 1.83 bits per heavy atom. The molecular formula is C23H25ClN2O4. The quantitative estimate of drug-likeness (QED) is 0.423. The van der Waals surface area contributed by atoms with Gasteiger partial charge in [0.1, 0.15) is 11.5 Å². The van der Waals surface area contributed by atoms with E-state index in [0.717, 1.165) is 11.3 Å². The van der Waals surface area contributed by atoms with Crippen molar-refractivity contribution in [2.24, 2.45) is 0 Å². The van der Waals surface area contributed by atoms with Crippen LogP contribution in [0.3, 0.4) is 0 Å². The second-order valence-electron chi connectivity index (χ2n) is 7.33. The Labute approximate surface area is 181 Å². The van der Waals surface area contributed by atoms with Gasteiger partial charge in [-0.1, -0.05) is 30.7 Å². The van der Waals surface area contributed by atoms with Gasteiger partial charge in [0.15, 0.2) is 0 Å². The number of amides is 1. The number of rotatable bonds is 6. The summed E-state index contributed by atoms with van der Waals surface area (Å²) in [6, 6.07) is 11.7. The second kappa shape index (κ2) is 8.79. The van der Waals surface area contributed by atoms with E-state index in [0.29, 0.717) is 29.3 Å². The fourth-order valence-corrected chi connectivity index (χ4v) is 3.81. The Bertz CT molecular complexity index is 999. The molecule has 0 aromatic heterocycles. The smallest absolute Gasteiger partial charge is 0.295 e. The van der Waals surface area contributed by atoms with E-state index in [-0.39, 0.29) is 11.3 Å². The van der Waals surface area contributed by atoms with Crippen LogP contribution in [0.4, 0.5) is 5.69 Å². The molecule has 1 unspecified atom stereocenters. The number of aliphatic hydroxyl groups excluding tert-OH is 1. The molecule has 0 aliphatic carbocycles. The standard InChI is InChI=1S/C23H25ClN2O4/c1-5-12-26-20(14-6-9-16(10-7-14)25(2)3)19(22(28)23(26)29)21(27)15-8-11-17(24)18(13-15)30-4/h6-11,13,20,27H,5,12H2,1-4H3/b21-19-. The van der Waals surface area contributed by atoms with Crippen molar-refractivity contribution < 1.29 is 19.4 Å². The lowest BCUT2D eigenvalue weighted by molar-refractivity contribution is -0.139. The van der Waals surface area contributed by atoms with Gasteiger partial charge in [-0.2, -0.15) is 0 Å². The van der Waals surface area contributed by atoms with Crippen LogP contribution in [-0.4, -0.2) is 49.4 Å². The first-order valence-electron chi connectivity index (χ1n) is 9.69. The van der Waals surface area contributed by atoms with E-state index in [2.05, 4.69) is 0 Å². The Kier molecular flexibility index (Phi) is 6.37. The molecule has 1 heterocycles. The van der Waals surface area contributed by atoms with Crippen LogP contribution >= 0.6 is 11.6 Å². The number of methoxy groups -OCH3 is 1. The summed E-state index contributed by atoms with van der Waals surface area (Å²) >= 11 is 6.09. The van der Waals surface area contributed by atoms with Crippen LogP contribution in [0.5, 0.6) is 5.75 Å². The molecule has 0 spiro atoms. The van der Waals surface area contributed by atoms with Gasteiger partial charge in [0.25, 0.3) is 11.7 Å². The highest BCUT2D eigenvalue weighted by Gasteiger charge is 2.45. The van der Waals surface area contributed by atoms with E-state index in [1.165, 1.54) is 12.0 Å². The molecule has 1 aliphatic rings. The van der Waals surface area contributed by atoms with Crippen molar-refractivity contribution in [2.75, 3.05) is 32.6 Å². The zero-order valence-electron chi connectivity index (χ0n) is 17.5. The molecule has 2 aromatic carbocycles. The zero-order valence-corrected chi connectivity index (χ0v) is 18.2. The molecule has 0 bridgehead atoms. The van der Waals surface area contributed by atoms with Crippen molar-refractivity contribution >= 4 is 34.7 Å². The maximum atomic E-state index is 12.9. The van der Waals surface area contributed by atoms with Crippen LogP contribution in [0.15, 0.2) is 48.0 Å². The molecular weight excluding hydrogens is 404 g/mol. The molecule has 7 heteroatoms. The van der Waals surface area contributed by atoms with Gasteiger partial charge < -0.3 is 19.6 Å². The lowest BCUT2D eigenvalue weighted by Gasteiger charge is -2.25. The summed E-state index contributed by atoms with van der Waals surface area (Å²) in [5.74, 6) is -1.18. The van der Waals surface area contributed by atoms with Gasteiger partial charge >= 0.3 is 0 Å². The maximum Gasteiger partial charge on any atom is 0.295 e. The predicted octanol–water partition coefficient (Wildman–Crippen LogP) is 4.25. The number of hydrogen-bond donors (Lipinski definition) is 1. The van der Waals surface area contributed by atoms with E-state index >= 15 is 0 Å². The number of nitrogens with zero attached hydrogens (tertiary/aromatic N) is 2. The SMILES string of the molecule is CCCN1C(=O)C(=O)/C(=C(\O)c2ccc(Cl)c(OC)c2)C1c1ccc(N(C)C)cc1. The van der Waals surface area contributed by atoms with Gasteiger partial charge in [0.2, 0.25) is 0 Å². The van der Waals surface area contributed by atoms with Crippen LogP contribution in [-0.2, 0) is 9.59 Å². The van der Waals surface area contributed by atoms with E-state index in [1.807, 2.05) is 50.2 Å². The molecule has 1 aliphatic heterocycles. The van der Waals surface area contributed by atoms with Crippen LogP contribution < -0.4 is 9.64 Å². The number of halogens is 1. The summed E-state index contributed by atoms with van der Waals surface area (Å²) in [6.45, 7) is 2.35. The molecule has 1 N–H and O–H groups in total. The normalized spacial score (nSPS) is 18.0. The van der Waals surface area contributed by atoms with Gasteiger partial charge in [-0.25, -0.2) is 0 Å². The number of aliphatic hydroxyl groups is 1. The summed E-state index contributed by atoms with van der Waals surface area (Å²) in [5.41, 5.74) is 2.18. The number of ether oxygens (including phenoxy) is 1. The van der Waals surface area contributed by atoms with Crippen LogP contribution in [0.2, 0.25) is 5.02 Å². The van der Waals surface area contributed by atoms with Gasteiger partial charge in [0, 0.05) is 31.9 Å². The van der Waals surface area contributed by atoms with Crippen molar-refractivity contribution in [1.29, 1.82) is 0 Å². The van der Waals surface area contributed by atoms with Gasteiger partial charge in [-0.05, 0) is 42.3 Å². The highest BCUT2D eigenvalue weighted by Crippen LogP contribution is 2.40. The number of Topliss-reactive ketones (excluding diaryl/α,β-unsaturated/α-hetero) is 1. The Morgan fingerprint density at radius 3 is 2.40 bits per heavy atom. The first-order chi connectivity index (χ1) is 14.3. The minimum absolute atomic E-state index is 0.0652. The largest absolute Gasteiger partial charge is 0.507 e. The highest BCUT2D eigenvalue weighted by molar-refractivity contribution is 6.46. The Balaban J connectivity index is 2.17. The van der Waals surface area contributed by atoms with E-state index in [9.17, 15) is 14.7 Å². The van der Waals surface area contributed by atoms with E-state index in [1.54, 1.807) is 18.2 Å². The second-order valence-corrected chi connectivity index (χ2v) is 7.73.